The highest BCUT2D eigenvalue weighted by Crippen LogP contribution is 2.17. The lowest BCUT2D eigenvalue weighted by molar-refractivity contribution is 0.0197. The van der Waals surface area contributed by atoms with Crippen molar-refractivity contribution in [2.75, 3.05) is 26.3 Å². The van der Waals surface area contributed by atoms with E-state index in [4.69, 9.17) is 4.74 Å². The van der Waals surface area contributed by atoms with Crippen LogP contribution in [0.15, 0.2) is 4.99 Å². The Kier molecular flexibility index (Phi) is 5.17. The second-order valence-corrected chi connectivity index (χ2v) is 4.39. The number of aliphatic imine (C=N–C) groups is 1. The van der Waals surface area contributed by atoms with Gasteiger partial charge in [-0.1, -0.05) is 18.7 Å². The first-order chi connectivity index (χ1) is 6.68. The van der Waals surface area contributed by atoms with Gasteiger partial charge >= 0.3 is 0 Å². The van der Waals surface area contributed by atoms with Gasteiger partial charge in [0.2, 0.25) is 0 Å². The van der Waals surface area contributed by atoms with Gasteiger partial charge in [-0.25, -0.2) is 8.78 Å². The molecule has 14 heavy (non-hydrogen) atoms. The van der Waals surface area contributed by atoms with Gasteiger partial charge in [0.05, 0.1) is 13.2 Å². The van der Waals surface area contributed by atoms with Crippen LogP contribution in [0.25, 0.3) is 0 Å². The lowest BCUT2D eigenvalue weighted by Crippen LogP contribution is -2.24. The Labute approximate surface area is 86.3 Å². The molecule has 0 radical (unpaired) electrons. The summed E-state index contributed by atoms with van der Waals surface area (Å²) in [6.07, 6.45) is -2.38. The Morgan fingerprint density at radius 1 is 1.71 bits per heavy atom. The SMILES string of the molecule is CC1CN=C(NCCOCC(F)F)S1. The number of amidine groups is 1. The van der Waals surface area contributed by atoms with Crippen LogP contribution in [0.1, 0.15) is 6.92 Å². The monoisotopic (exact) mass is 224 g/mol. The maximum Gasteiger partial charge on any atom is 0.261 e. The molecule has 0 spiro atoms. The zero-order valence-electron chi connectivity index (χ0n) is 8.00. The highest BCUT2D eigenvalue weighted by Gasteiger charge is 2.13. The smallest absolute Gasteiger partial charge is 0.261 e. The third-order valence-corrected chi connectivity index (χ3v) is 2.62. The summed E-state index contributed by atoms with van der Waals surface area (Å²) in [4.78, 5) is 4.21. The van der Waals surface area contributed by atoms with Gasteiger partial charge < -0.3 is 10.1 Å². The van der Waals surface area contributed by atoms with Gasteiger partial charge in [-0.2, -0.15) is 0 Å². The van der Waals surface area contributed by atoms with Crippen LogP contribution in [0.4, 0.5) is 8.78 Å². The van der Waals surface area contributed by atoms with Gasteiger partial charge in [-0.05, 0) is 0 Å². The molecule has 1 atom stereocenters. The van der Waals surface area contributed by atoms with E-state index in [1.165, 1.54) is 0 Å². The van der Waals surface area contributed by atoms with E-state index in [0.29, 0.717) is 11.8 Å². The van der Waals surface area contributed by atoms with Crippen molar-refractivity contribution in [3.05, 3.63) is 0 Å². The van der Waals surface area contributed by atoms with E-state index in [0.717, 1.165) is 11.7 Å². The van der Waals surface area contributed by atoms with Crippen molar-refractivity contribution in [3.63, 3.8) is 0 Å². The fraction of sp³-hybridized carbons (Fsp3) is 0.875. The normalized spacial score (nSPS) is 21.4. The number of thioether (sulfide) groups is 1. The molecule has 0 aromatic heterocycles. The Morgan fingerprint density at radius 2 is 2.50 bits per heavy atom. The number of nitrogens with zero attached hydrogens (tertiary/aromatic N) is 1. The number of halogens is 2. The molecular formula is C8H14F2N2OS. The number of nitrogens with one attached hydrogen (secondary N) is 1. The van der Waals surface area contributed by atoms with Gasteiger partial charge in [-0.15, -0.1) is 0 Å². The molecule has 1 heterocycles. The maximum atomic E-state index is 11.6. The summed E-state index contributed by atoms with van der Waals surface area (Å²) in [5, 5.41) is 4.43. The average Bonchev–Trinajstić information content (AvgIpc) is 2.50. The molecule has 0 bridgehead atoms. The molecule has 0 fully saturated rings. The molecule has 0 amide bonds. The fourth-order valence-electron chi connectivity index (χ4n) is 0.977. The molecule has 1 aliphatic rings. The number of alkyl halides is 2. The van der Waals surface area contributed by atoms with Gasteiger partial charge in [0.1, 0.15) is 6.61 Å². The summed E-state index contributed by atoms with van der Waals surface area (Å²) in [5.41, 5.74) is 0. The number of rotatable bonds is 5. The van der Waals surface area contributed by atoms with Gasteiger partial charge in [-0.3, -0.25) is 4.99 Å². The minimum absolute atomic E-state index is 0.290. The molecule has 0 saturated carbocycles. The largest absolute Gasteiger partial charge is 0.374 e. The van der Waals surface area contributed by atoms with Crippen LogP contribution in [0, 0.1) is 0 Å². The molecule has 0 aromatic rings. The standard InChI is InChI=1S/C8H14F2N2OS/c1-6-4-12-8(14-6)11-2-3-13-5-7(9)10/h6-7H,2-5H2,1H3,(H,11,12). The molecule has 1 rings (SSSR count). The Balaban J connectivity index is 1.94. The Bertz CT molecular complexity index is 202. The highest BCUT2D eigenvalue weighted by atomic mass is 32.2. The van der Waals surface area contributed by atoms with Crippen LogP contribution in [-0.2, 0) is 4.74 Å². The summed E-state index contributed by atoms with van der Waals surface area (Å²) in [6, 6.07) is 0. The zero-order valence-corrected chi connectivity index (χ0v) is 8.82. The van der Waals surface area contributed by atoms with Crippen LogP contribution in [0.2, 0.25) is 0 Å². The Morgan fingerprint density at radius 3 is 3.07 bits per heavy atom. The minimum atomic E-state index is -2.38. The maximum absolute atomic E-state index is 11.6. The molecule has 3 nitrogen and oxygen atoms in total. The van der Waals surface area contributed by atoms with Crippen LogP contribution in [0.3, 0.4) is 0 Å². The third kappa shape index (κ3) is 4.76. The second-order valence-electron chi connectivity index (χ2n) is 2.97. The molecule has 0 aromatic carbocycles. The second kappa shape index (κ2) is 6.19. The first kappa shape index (κ1) is 11.7. The van der Waals surface area contributed by atoms with Crippen LogP contribution < -0.4 is 5.32 Å². The lowest BCUT2D eigenvalue weighted by Gasteiger charge is -2.06. The van der Waals surface area contributed by atoms with E-state index in [1.807, 2.05) is 0 Å². The fourth-order valence-corrected chi connectivity index (χ4v) is 1.84. The third-order valence-electron chi connectivity index (χ3n) is 1.57. The van der Waals surface area contributed by atoms with Crippen LogP contribution in [0.5, 0.6) is 0 Å². The molecule has 1 unspecified atom stereocenters. The highest BCUT2D eigenvalue weighted by molar-refractivity contribution is 8.14. The first-order valence-corrected chi connectivity index (χ1v) is 5.37. The van der Waals surface area contributed by atoms with E-state index >= 15 is 0 Å². The summed E-state index contributed by atoms with van der Waals surface area (Å²) in [6.45, 7) is 3.25. The van der Waals surface area contributed by atoms with Crippen molar-refractivity contribution in [2.45, 2.75) is 18.6 Å². The number of ether oxygens (including phenoxy) is 1. The Hall–Kier alpha value is -0.360. The number of hydrogen-bond donors (Lipinski definition) is 1. The minimum Gasteiger partial charge on any atom is -0.374 e. The summed E-state index contributed by atoms with van der Waals surface area (Å²) in [7, 11) is 0. The predicted molar refractivity (Wildman–Crippen MR) is 54.2 cm³/mol. The number of hydrogen-bond acceptors (Lipinski definition) is 4. The topological polar surface area (TPSA) is 33.6 Å². The predicted octanol–water partition coefficient (Wildman–Crippen LogP) is 1.35. The molecule has 82 valence electrons. The van der Waals surface area contributed by atoms with Gasteiger partial charge in [0.15, 0.2) is 5.17 Å². The molecule has 1 aliphatic heterocycles. The van der Waals surface area contributed by atoms with Crippen molar-refractivity contribution < 1.29 is 13.5 Å². The molecule has 0 aliphatic carbocycles. The molecule has 6 heteroatoms. The molecule has 0 saturated heterocycles. The quantitative estimate of drug-likeness (QED) is 0.716. The zero-order chi connectivity index (χ0) is 10.4. The lowest BCUT2D eigenvalue weighted by atomic mass is 10.5. The van der Waals surface area contributed by atoms with Crippen LogP contribution in [-0.4, -0.2) is 43.1 Å². The average molecular weight is 224 g/mol. The van der Waals surface area contributed by atoms with Crippen molar-refractivity contribution in [3.8, 4) is 0 Å². The van der Waals surface area contributed by atoms with E-state index in [-0.39, 0.29) is 6.61 Å². The summed E-state index contributed by atoms with van der Waals surface area (Å²) < 4.78 is 28.0. The van der Waals surface area contributed by atoms with Gasteiger partial charge in [0.25, 0.3) is 6.43 Å². The van der Waals surface area contributed by atoms with E-state index in [9.17, 15) is 8.78 Å². The first-order valence-electron chi connectivity index (χ1n) is 4.49. The van der Waals surface area contributed by atoms with Crippen molar-refractivity contribution in [1.82, 2.24) is 5.32 Å². The van der Waals surface area contributed by atoms with Crippen LogP contribution >= 0.6 is 11.8 Å². The van der Waals surface area contributed by atoms with Gasteiger partial charge in [0, 0.05) is 11.8 Å². The van der Waals surface area contributed by atoms with Crippen molar-refractivity contribution in [1.29, 1.82) is 0 Å². The van der Waals surface area contributed by atoms with Crippen molar-refractivity contribution >= 4 is 16.9 Å². The van der Waals surface area contributed by atoms with Crippen molar-refractivity contribution in [2.24, 2.45) is 4.99 Å². The van der Waals surface area contributed by atoms with E-state index in [2.05, 4.69) is 17.2 Å². The van der Waals surface area contributed by atoms with E-state index < -0.39 is 13.0 Å². The summed E-state index contributed by atoms with van der Waals surface area (Å²) in [5.74, 6) is 0. The molecule has 1 N–H and O–H groups in total. The summed E-state index contributed by atoms with van der Waals surface area (Å²) >= 11 is 1.67. The molecular weight excluding hydrogens is 210 g/mol. The van der Waals surface area contributed by atoms with E-state index in [1.54, 1.807) is 11.8 Å².